The minimum Gasteiger partial charge on any atom is -0.465 e. The molecule has 0 saturated heterocycles. The summed E-state index contributed by atoms with van der Waals surface area (Å²) < 4.78 is 18.3. The van der Waals surface area contributed by atoms with Crippen molar-refractivity contribution in [2.75, 3.05) is 19.7 Å². The van der Waals surface area contributed by atoms with Crippen molar-refractivity contribution in [1.82, 2.24) is 5.32 Å². The van der Waals surface area contributed by atoms with Crippen LogP contribution in [0.15, 0.2) is 23.3 Å². The third-order valence-electron chi connectivity index (χ3n) is 2.88. The number of ether oxygens (including phenoxy) is 1. The average molecular weight is 294 g/mol. The van der Waals surface area contributed by atoms with Crippen LogP contribution in [0, 0.1) is 12.7 Å². The fourth-order valence-electron chi connectivity index (χ4n) is 1.85. The summed E-state index contributed by atoms with van der Waals surface area (Å²) in [6.07, 6.45) is 0.597. The van der Waals surface area contributed by atoms with Gasteiger partial charge in [-0.15, -0.1) is 0 Å². The zero-order valence-corrected chi connectivity index (χ0v) is 12.2. The molecule has 0 aliphatic rings. The number of benzene rings is 1. The number of hydrogen-bond acceptors (Lipinski definition) is 4. The number of carbonyl (C=O) groups is 1. The first-order chi connectivity index (χ1) is 10.1. The van der Waals surface area contributed by atoms with Gasteiger partial charge < -0.3 is 10.1 Å². The topological polar surface area (TPSA) is 87.1 Å². The number of azide groups is 1. The summed E-state index contributed by atoms with van der Waals surface area (Å²) in [5, 5.41) is 6.47. The van der Waals surface area contributed by atoms with Gasteiger partial charge in [-0.05, 0) is 49.5 Å². The number of halogens is 1. The summed E-state index contributed by atoms with van der Waals surface area (Å²) in [4.78, 5) is 14.7. The quantitative estimate of drug-likeness (QED) is 0.263. The molecule has 0 aliphatic heterocycles. The van der Waals surface area contributed by atoms with Crippen LogP contribution in [0.25, 0.3) is 10.4 Å². The van der Waals surface area contributed by atoms with Crippen LogP contribution >= 0.6 is 0 Å². The van der Waals surface area contributed by atoms with Crippen molar-refractivity contribution in [1.29, 1.82) is 0 Å². The van der Waals surface area contributed by atoms with Crippen molar-refractivity contribution in [3.63, 3.8) is 0 Å². The number of aryl methyl sites for hydroxylation is 1. The number of esters is 1. The number of rotatable bonds is 8. The Morgan fingerprint density at radius 3 is 2.95 bits per heavy atom. The molecule has 1 unspecified atom stereocenters. The first kappa shape index (κ1) is 16.9. The third-order valence-corrected chi connectivity index (χ3v) is 2.88. The van der Waals surface area contributed by atoms with Crippen LogP contribution in [0.2, 0.25) is 0 Å². The van der Waals surface area contributed by atoms with Gasteiger partial charge in [0.2, 0.25) is 0 Å². The lowest BCUT2D eigenvalue weighted by Crippen LogP contribution is -2.31. The highest BCUT2D eigenvalue weighted by molar-refractivity contribution is 5.77. The van der Waals surface area contributed by atoms with E-state index in [2.05, 4.69) is 15.3 Å². The van der Waals surface area contributed by atoms with E-state index in [1.54, 1.807) is 26.0 Å². The SMILES string of the molecule is CCOC(=O)C(NCCCN=[N+]=[N-])c1ccc(F)c(C)c1. The fourth-order valence-corrected chi connectivity index (χ4v) is 1.85. The van der Waals surface area contributed by atoms with Gasteiger partial charge in [0.05, 0.1) is 6.61 Å². The summed E-state index contributed by atoms with van der Waals surface area (Å²) in [6.45, 7) is 4.48. The van der Waals surface area contributed by atoms with Crippen molar-refractivity contribution in [2.45, 2.75) is 26.3 Å². The van der Waals surface area contributed by atoms with Crippen molar-refractivity contribution >= 4 is 5.97 Å². The number of nitrogens with one attached hydrogen (secondary N) is 1. The lowest BCUT2D eigenvalue weighted by atomic mass is 10.0. The van der Waals surface area contributed by atoms with E-state index in [1.165, 1.54) is 6.07 Å². The highest BCUT2D eigenvalue weighted by Crippen LogP contribution is 2.18. The number of nitrogens with zero attached hydrogens (tertiary/aromatic N) is 3. The number of hydrogen-bond donors (Lipinski definition) is 1. The van der Waals surface area contributed by atoms with Crippen molar-refractivity contribution < 1.29 is 13.9 Å². The molecular weight excluding hydrogens is 275 g/mol. The molecule has 1 rings (SSSR count). The molecule has 6 nitrogen and oxygen atoms in total. The first-order valence-corrected chi connectivity index (χ1v) is 6.77. The minimum absolute atomic E-state index is 0.274. The second-order valence-corrected chi connectivity index (χ2v) is 4.46. The molecule has 1 N–H and O–H groups in total. The first-order valence-electron chi connectivity index (χ1n) is 6.77. The molecule has 0 saturated carbocycles. The predicted octanol–water partition coefficient (Wildman–Crippen LogP) is 3.03. The lowest BCUT2D eigenvalue weighted by Gasteiger charge is -2.18. The standard InChI is InChI=1S/C14H19FN4O2/c1-3-21-14(20)13(17-7-4-8-18-19-16)11-5-6-12(15)10(2)9-11/h5-6,9,13,17H,3-4,7-8H2,1-2H3. The molecule has 0 heterocycles. The van der Waals surface area contributed by atoms with Gasteiger partial charge in [-0.2, -0.15) is 0 Å². The smallest absolute Gasteiger partial charge is 0.327 e. The molecule has 7 heteroatoms. The zero-order valence-electron chi connectivity index (χ0n) is 12.2. The summed E-state index contributed by atoms with van der Waals surface area (Å²) in [6, 6.07) is 3.86. The summed E-state index contributed by atoms with van der Waals surface area (Å²) in [5.41, 5.74) is 9.32. The monoisotopic (exact) mass is 294 g/mol. The molecule has 0 aliphatic carbocycles. The van der Waals surface area contributed by atoms with Crippen molar-refractivity contribution in [3.05, 3.63) is 45.6 Å². The third kappa shape index (κ3) is 5.41. The Kier molecular flexibility index (Phi) is 7.21. The van der Waals surface area contributed by atoms with Crippen LogP contribution in [-0.4, -0.2) is 25.7 Å². The molecule has 0 bridgehead atoms. The average Bonchev–Trinajstić information content (AvgIpc) is 2.46. The normalized spacial score (nSPS) is 11.6. The molecular formula is C14H19FN4O2. The van der Waals surface area contributed by atoms with Gasteiger partial charge in [-0.25, -0.2) is 9.18 Å². The molecule has 21 heavy (non-hydrogen) atoms. The van der Waals surface area contributed by atoms with Crippen molar-refractivity contribution in [2.24, 2.45) is 5.11 Å². The van der Waals surface area contributed by atoms with E-state index >= 15 is 0 Å². The Bertz CT molecular complexity index is 530. The molecule has 0 spiro atoms. The van der Waals surface area contributed by atoms with E-state index in [0.29, 0.717) is 30.6 Å². The van der Waals surface area contributed by atoms with Gasteiger partial charge in [0, 0.05) is 11.5 Å². The molecule has 1 aromatic carbocycles. The van der Waals surface area contributed by atoms with Gasteiger partial charge in [0.15, 0.2) is 0 Å². The number of carbonyl (C=O) groups excluding carboxylic acids is 1. The lowest BCUT2D eigenvalue weighted by molar-refractivity contribution is -0.145. The molecule has 0 amide bonds. The van der Waals surface area contributed by atoms with E-state index < -0.39 is 12.0 Å². The molecule has 1 atom stereocenters. The van der Waals surface area contributed by atoms with Gasteiger partial charge in [-0.1, -0.05) is 17.2 Å². The van der Waals surface area contributed by atoms with Crippen LogP contribution in [0.4, 0.5) is 4.39 Å². The Labute approximate surface area is 122 Å². The van der Waals surface area contributed by atoms with Crippen LogP contribution in [-0.2, 0) is 9.53 Å². The second-order valence-electron chi connectivity index (χ2n) is 4.46. The van der Waals surface area contributed by atoms with Crippen molar-refractivity contribution in [3.8, 4) is 0 Å². The summed E-state index contributed by atoms with van der Waals surface area (Å²) in [5.74, 6) is -0.725. The summed E-state index contributed by atoms with van der Waals surface area (Å²) >= 11 is 0. The Balaban J connectivity index is 2.78. The van der Waals surface area contributed by atoms with Crippen LogP contribution in [0.3, 0.4) is 0 Å². The highest BCUT2D eigenvalue weighted by atomic mass is 19.1. The van der Waals surface area contributed by atoms with E-state index in [4.69, 9.17) is 10.3 Å². The van der Waals surface area contributed by atoms with E-state index in [1.807, 2.05) is 0 Å². The highest BCUT2D eigenvalue weighted by Gasteiger charge is 2.21. The maximum atomic E-state index is 13.3. The maximum Gasteiger partial charge on any atom is 0.327 e. The minimum atomic E-state index is -0.657. The maximum absolute atomic E-state index is 13.3. The zero-order chi connectivity index (χ0) is 15.7. The molecule has 0 fully saturated rings. The predicted molar refractivity (Wildman–Crippen MR) is 77.1 cm³/mol. The van der Waals surface area contributed by atoms with Gasteiger partial charge in [0.1, 0.15) is 11.9 Å². The summed E-state index contributed by atoms with van der Waals surface area (Å²) in [7, 11) is 0. The molecule has 0 aromatic heterocycles. The fraction of sp³-hybridized carbons (Fsp3) is 0.500. The Morgan fingerprint density at radius 2 is 2.33 bits per heavy atom. The van der Waals surface area contributed by atoms with Gasteiger partial charge in [-0.3, -0.25) is 0 Å². The van der Waals surface area contributed by atoms with Crippen LogP contribution in [0.5, 0.6) is 0 Å². The van der Waals surface area contributed by atoms with Crippen LogP contribution in [0.1, 0.15) is 30.5 Å². The van der Waals surface area contributed by atoms with E-state index in [-0.39, 0.29) is 12.4 Å². The van der Waals surface area contributed by atoms with E-state index in [0.717, 1.165) is 0 Å². The Hall–Kier alpha value is -2.11. The van der Waals surface area contributed by atoms with Crippen LogP contribution < -0.4 is 5.32 Å². The van der Waals surface area contributed by atoms with E-state index in [9.17, 15) is 9.18 Å². The molecule has 1 aromatic rings. The second kappa shape index (κ2) is 8.94. The Morgan fingerprint density at radius 1 is 1.57 bits per heavy atom. The molecule has 114 valence electrons. The largest absolute Gasteiger partial charge is 0.465 e. The van der Waals surface area contributed by atoms with Gasteiger partial charge >= 0.3 is 5.97 Å². The van der Waals surface area contributed by atoms with Gasteiger partial charge in [0.25, 0.3) is 0 Å². The molecule has 0 radical (unpaired) electrons.